The maximum absolute atomic E-state index is 12.8. The second kappa shape index (κ2) is 15.5. The average molecular weight is 572 g/mol. The molecule has 0 bridgehead atoms. The molecule has 0 aliphatic carbocycles. The summed E-state index contributed by atoms with van der Waals surface area (Å²) in [5.41, 5.74) is 2.02. The summed E-state index contributed by atoms with van der Waals surface area (Å²) < 4.78 is 5.16. The van der Waals surface area contributed by atoms with Crippen LogP contribution in [0.1, 0.15) is 59.4 Å². The first-order chi connectivity index (χ1) is 19.3. The lowest BCUT2D eigenvalue weighted by atomic mass is 10.0. The van der Waals surface area contributed by atoms with Crippen molar-refractivity contribution < 1.29 is 33.5 Å². The highest BCUT2D eigenvalue weighted by Crippen LogP contribution is 2.18. The van der Waals surface area contributed by atoms with Gasteiger partial charge in [-0.05, 0) is 43.9 Å². The number of carbonyl (C=O) groups excluding carboxylic acids is 6. The summed E-state index contributed by atoms with van der Waals surface area (Å²) in [6.45, 7) is 12.6. The first kappa shape index (κ1) is 33.0. The molecule has 1 heterocycles. The maximum Gasteiger partial charge on any atom is 0.407 e. The zero-order chi connectivity index (χ0) is 30.7. The molecule has 4 N–H and O–H groups in total. The fraction of sp³-hybridized carbons (Fsp3) is 0.517. The number of benzene rings is 1. The van der Waals surface area contributed by atoms with Crippen LogP contribution in [0.5, 0.6) is 0 Å². The molecule has 2 rings (SSSR count). The van der Waals surface area contributed by atoms with Crippen LogP contribution in [0.25, 0.3) is 0 Å². The number of hydrogen-bond donors (Lipinski definition) is 4. The third-order valence-electron chi connectivity index (χ3n) is 6.46. The van der Waals surface area contributed by atoms with E-state index < -0.39 is 30.0 Å². The van der Waals surface area contributed by atoms with Crippen LogP contribution >= 0.6 is 0 Å². The molecule has 1 aromatic rings. The lowest BCUT2D eigenvalue weighted by molar-refractivity contribution is -0.139. The van der Waals surface area contributed by atoms with Gasteiger partial charge in [0.25, 0.3) is 0 Å². The Hall–Kier alpha value is -4.22. The monoisotopic (exact) mass is 571 g/mol. The number of carbonyl (C=O) groups is 6. The van der Waals surface area contributed by atoms with Crippen LogP contribution < -0.4 is 21.3 Å². The summed E-state index contributed by atoms with van der Waals surface area (Å²) in [6.07, 6.45) is 0.253. The number of imide groups is 1. The van der Waals surface area contributed by atoms with Gasteiger partial charge in [-0.1, -0.05) is 38.5 Å². The maximum atomic E-state index is 12.8. The first-order valence-electron chi connectivity index (χ1n) is 13.7. The third-order valence-corrected chi connectivity index (χ3v) is 6.46. The van der Waals surface area contributed by atoms with E-state index in [9.17, 15) is 28.8 Å². The predicted molar refractivity (Wildman–Crippen MR) is 152 cm³/mol. The summed E-state index contributed by atoms with van der Waals surface area (Å²) in [5, 5.41) is 10.6. The molecule has 1 aliphatic heterocycles. The molecule has 0 radical (unpaired) electrons. The van der Waals surface area contributed by atoms with Crippen LogP contribution in [-0.2, 0) is 35.3 Å². The van der Waals surface area contributed by atoms with Gasteiger partial charge in [-0.15, -0.1) is 6.58 Å². The minimum Gasteiger partial charge on any atom is -0.445 e. The molecule has 41 heavy (non-hydrogen) atoms. The zero-order valence-corrected chi connectivity index (χ0v) is 24.4. The van der Waals surface area contributed by atoms with Crippen molar-refractivity contribution in [1.29, 1.82) is 0 Å². The van der Waals surface area contributed by atoms with E-state index in [0.29, 0.717) is 17.7 Å². The van der Waals surface area contributed by atoms with Gasteiger partial charge in [-0.2, -0.15) is 0 Å². The van der Waals surface area contributed by atoms with Crippen molar-refractivity contribution in [2.75, 3.05) is 18.4 Å². The van der Waals surface area contributed by atoms with E-state index in [1.807, 2.05) is 20.8 Å². The molecule has 0 aromatic heterocycles. The van der Waals surface area contributed by atoms with Gasteiger partial charge in [-0.3, -0.25) is 28.9 Å². The molecule has 3 atom stereocenters. The summed E-state index contributed by atoms with van der Waals surface area (Å²) in [6, 6.07) is 4.96. The van der Waals surface area contributed by atoms with E-state index in [4.69, 9.17) is 4.74 Å². The van der Waals surface area contributed by atoms with Crippen LogP contribution in [0, 0.1) is 11.8 Å². The number of likely N-dealkylation sites (tertiary alicyclic amines) is 1. The SMILES string of the molecule is C=C(C)CCC(=O)NC(C(=O)NC(C)C(=O)Nc1ccc(COC(=O)NCCN2C(=O)CC(C)C2=O)cc1)C(C)C. The number of alkyl carbamates (subject to hydrolysis) is 1. The highest BCUT2D eigenvalue weighted by molar-refractivity contribution is 6.03. The van der Waals surface area contributed by atoms with Crippen LogP contribution in [0.4, 0.5) is 10.5 Å². The minimum atomic E-state index is -0.864. The molecular formula is C29H41N5O7. The van der Waals surface area contributed by atoms with Crippen LogP contribution in [0.2, 0.25) is 0 Å². The number of rotatable bonds is 14. The molecular weight excluding hydrogens is 530 g/mol. The van der Waals surface area contributed by atoms with E-state index in [-0.39, 0.29) is 62.1 Å². The second-order valence-corrected chi connectivity index (χ2v) is 10.7. The smallest absolute Gasteiger partial charge is 0.407 e. The minimum absolute atomic E-state index is 0.0280. The normalized spacial score (nSPS) is 16.1. The van der Waals surface area contributed by atoms with Crippen LogP contribution in [0.15, 0.2) is 36.4 Å². The Kier molecular flexibility index (Phi) is 12.5. The molecule has 1 saturated heterocycles. The van der Waals surface area contributed by atoms with Gasteiger partial charge in [0.1, 0.15) is 18.7 Å². The molecule has 12 nitrogen and oxygen atoms in total. The average Bonchev–Trinajstić information content (AvgIpc) is 3.15. The van der Waals surface area contributed by atoms with Crippen molar-refractivity contribution in [2.24, 2.45) is 11.8 Å². The van der Waals surface area contributed by atoms with Crippen molar-refractivity contribution in [1.82, 2.24) is 20.9 Å². The van der Waals surface area contributed by atoms with Gasteiger partial charge < -0.3 is 26.0 Å². The number of allylic oxidation sites excluding steroid dienone is 1. The molecule has 6 amide bonds. The van der Waals surface area contributed by atoms with E-state index in [1.165, 1.54) is 0 Å². The molecule has 1 aromatic carbocycles. The molecule has 0 spiro atoms. The van der Waals surface area contributed by atoms with Gasteiger partial charge in [0.2, 0.25) is 29.5 Å². The number of hydrogen-bond acceptors (Lipinski definition) is 7. The lowest BCUT2D eigenvalue weighted by Crippen LogP contribution is -2.53. The first-order valence-corrected chi connectivity index (χ1v) is 13.7. The number of nitrogens with zero attached hydrogens (tertiary/aromatic N) is 1. The molecule has 224 valence electrons. The summed E-state index contributed by atoms with van der Waals surface area (Å²) in [7, 11) is 0. The Bertz CT molecular complexity index is 1150. The van der Waals surface area contributed by atoms with Crippen molar-refractivity contribution in [3.8, 4) is 0 Å². The Labute approximate surface area is 240 Å². The van der Waals surface area contributed by atoms with Gasteiger partial charge in [-0.25, -0.2) is 4.79 Å². The quantitative estimate of drug-likeness (QED) is 0.197. The summed E-state index contributed by atoms with van der Waals surface area (Å²) in [5.74, 6) is -2.17. The highest BCUT2D eigenvalue weighted by Gasteiger charge is 2.35. The van der Waals surface area contributed by atoms with Crippen LogP contribution in [-0.4, -0.2) is 65.7 Å². The molecule has 0 saturated carbocycles. The van der Waals surface area contributed by atoms with Gasteiger partial charge in [0.05, 0.1) is 0 Å². The number of ether oxygens (including phenoxy) is 1. The van der Waals surface area contributed by atoms with Crippen molar-refractivity contribution >= 4 is 41.3 Å². The van der Waals surface area contributed by atoms with Crippen LogP contribution in [0.3, 0.4) is 0 Å². The standard InChI is InChI=1S/C29H41N5O7/c1-17(2)7-12-23(35)33-25(18(3)4)27(38)31-20(6)26(37)32-22-10-8-21(9-11-22)16-41-29(40)30-13-14-34-24(36)15-19(5)28(34)39/h8-11,18-20,25H,1,7,12-16H2,2-6H3,(H,30,40)(H,31,38)(H,32,37)(H,33,35). The molecule has 3 unspecified atom stereocenters. The Morgan fingerprint density at radius 1 is 1.02 bits per heavy atom. The Balaban J connectivity index is 1.76. The van der Waals surface area contributed by atoms with Crippen molar-refractivity contribution in [3.05, 3.63) is 42.0 Å². The van der Waals surface area contributed by atoms with Gasteiger partial charge in [0, 0.05) is 37.5 Å². The highest BCUT2D eigenvalue weighted by atomic mass is 16.5. The lowest BCUT2D eigenvalue weighted by Gasteiger charge is -2.24. The number of nitrogens with one attached hydrogen (secondary N) is 4. The third kappa shape index (κ3) is 10.7. The van der Waals surface area contributed by atoms with E-state index in [1.54, 1.807) is 38.1 Å². The molecule has 1 fully saturated rings. The topological polar surface area (TPSA) is 163 Å². The van der Waals surface area contributed by atoms with E-state index >= 15 is 0 Å². The van der Waals surface area contributed by atoms with E-state index in [0.717, 1.165) is 10.5 Å². The zero-order valence-electron chi connectivity index (χ0n) is 24.4. The Morgan fingerprint density at radius 3 is 2.24 bits per heavy atom. The van der Waals surface area contributed by atoms with Gasteiger partial charge >= 0.3 is 6.09 Å². The van der Waals surface area contributed by atoms with Crippen molar-refractivity contribution in [2.45, 2.75) is 72.6 Å². The summed E-state index contributed by atoms with van der Waals surface area (Å²) in [4.78, 5) is 74.4. The predicted octanol–water partition coefficient (Wildman–Crippen LogP) is 2.25. The van der Waals surface area contributed by atoms with Gasteiger partial charge in [0.15, 0.2) is 0 Å². The fourth-order valence-corrected chi connectivity index (χ4v) is 3.96. The number of amides is 6. The Morgan fingerprint density at radius 2 is 1.68 bits per heavy atom. The fourth-order valence-electron chi connectivity index (χ4n) is 3.96. The summed E-state index contributed by atoms with van der Waals surface area (Å²) >= 11 is 0. The largest absolute Gasteiger partial charge is 0.445 e. The molecule has 12 heteroatoms. The molecule has 1 aliphatic rings. The number of anilines is 1. The van der Waals surface area contributed by atoms with Crippen molar-refractivity contribution in [3.63, 3.8) is 0 Å². The van der Waals surface area contributed by atoms with E-state index in [2.05, 4.69) is 27.8 Å². The second-order valence-electron chi connectivity index (χ2n) is 10.7.